The largest absolute Gasteiger partial charge is 0.352 e. The van der Waals surface area contributed by atoms with E-state index in [4.69, 9.17) is 11.6 Å². The highest BCUT2D eigenvalue weighted by Gasteiger charge is 2.12. The number of carbonyl (C=O) groups excluding carboxylic acids is 1. The molecule has 2 aromatic rings. The molecule has 2 aromatic carbocycles. The second kappa shape index (κ2) is 9.15. The number of likely N-dealkylation sites (tertiary alicyclic amines) is 1. The van der Waals surface area contributed by atoms with Gasteiger partial charge in [-0.25, -0.2) is 4.39 Å². The number of rotatable bonds is 6. The van der Waals surface area contributed by atoms with Crippen molar-refractivity contribution in [1.82, 2.24) is 10.2 Å². The summed E-state index contributed by atoms with van der Waals surface area (Å²) in [5.41, 5.74) is 2.56. The molecule has 1 aliphatic rings. The fourth-order valence-electron chi connectivity index (χ4n) is 3.26. The molecule has 1 aliphatic heterocycles. The summed E-state index contributed by atoms with van der Waals surface area (Å²) < 4.78 is 13.7. The fraction of sp³-hybridized carbons (Fsp3) is 0.381. The van der Waals surface area contributed by atoms with Gasteiger partial charge in [-0.1, -0.05) is 48.4 Å². The van der Waals surface area contributed by atoms with Crippen LogP contribution in [0.4, 0.5) is 4.39 Å². The van der Waals surface area contributed by atoms with Gasteiger partial charge in [0.25, 0.3) is 0 Å². The van der Waals surface area contributed by atoms with Crippen LogP contribution in [-0.4, -0.2) is 23.9 Å². The van der Waals surface area contributed by atoms with Gasteiger partial charge in [-0.05, 0) is 49.2 Å². The van der Waals surface area contributed by atoms with E-state index in [9.17, 15) is 9.18 Å². The maximum absolute atomic E-state index is 13.7. The molecule has 0 bridgehead atoms. The summed E-state index contributed by atoms with van der Waals surface area (Å²) in [6.45, 7) is 3.76. The summed E-state index contributed by atoms with van der Waals surface area (Å²) in [6.07, 6.45) is 3.86. The molecule has 1 N–H and O–H groups in total. The van der Waals surface area contributed by atoms with Crippen molar-refractivity contribution < 1.29 is 9.18 Å². The molecule has 0 aromatic heterocycles. The van der Waals surface area contributed by atoms with Gasteiger partial charge in [0.2, 0.25) is 5.91 Å². The first kappa shape index (κ1) is 18.9. The molecule has 138 valence electrons. The van der Waals surface area contributed by atoms with Crippen LogP contribution in [0.1, 0.15) is 36.0 Å². The minimum atomic E-state index is -0.449. The molecule has 0 aliphatic carbocycles. The second-order valence-electron chi connectivity index (χ2n) is 6.81. The van der Waals surface area contributed by atoms with Gasteiger partial charge in [0.15, 0.2) is 0 Å². The summed E-state index contributed by atoms with van der Waals surface area (Å²) in [5, 5.41) is 3.11. The third kappa shape index (κ3) is 5.29. The van der Waals surface area contributed by atoms with E-state index in [2.05, 4.69) is 22.3 Å². The van der Waals surface area contributed by atoms with Gasteiger partial charge in [0, 0.05) is 23.7 Å². The number of benzene rings is 2. The normalized spacial score (nSPS) is 15.0. The molecule has 0 unspecified atom stereocenters. The Morgan fingerprint density at radius 1 is 1.04 bits per heavy atom. The summed E-state index contributed by atoms with van der Waals surface area (Å²) in [4.78, 5) is 14.6. The van der Waals surface area contributed by atoms with Crippen molar-refractivity contribution in [3.63, 3.8) is 0 Å². The van der Waals surface area contributed by atoms with Gasteiger partial charge >= 0.3 is 0 Å². The number of amides is 1. The minimum Gasteiger partial charge on any atom is -0.352 e. The van der Waals surface area contributed by atoms with Crippen molar-refractivity contribution in [2.45, 2.75) is 38.8 Å². The number of carbonyl (C=O) groups is 1. The maximum atomic E-state index is 13.7. The molecule has 3 nitrogen and oxygen atoms in total. The summed E-state index contributed by atoms with van der Waals surface area (Å²) >= 11 is 5.96. The van der Waals surface area contributed by atoms with E-state index in [0.29, 0.717) is 6.54 Å². The standard InChI is InChI=1S/C21H24ClFN2O/c22-19-5-4-6-20(23)18(19)13-21(26)24-14-16-7-9-17(10-8-16)15-25-11-2-1-3-12-25/h4-10H,1-3,11-15H2,(H,24,26). The predicted molar refractivity (Wildman–Crippen MR) is 103 cm³/mol. The summed E-state index contributed by atoms with van der Waals surface area (Å²) in [7, 11) is 0. The first-order valence-electron chi connectivity index (χ1n) is 9.11. The number of piperidine rings is 1. The molecule has 0 saturated carbocycles. The SMILES string of the molecule is O=C(Cc1c(F)cccc1Cl)NCc1ccc(CN2CCCCC2)cc1. The molecule has 0 atom stereocenters. The lowest BCUT2D eigenvalue weighted by atomic mass is 10.1. The van der Waals surface area contributed by atoms with Gasteiger partial charge < -0.3 is 5.32 Å². The topological polar surface area (TPSA) is 32.3 Å². The van der Waals surface area contributed by atoms with Crippen molar-refractivity contribution in [2.75, 3.05) is 13.1 Å². The van der Waals surface area contributed by atoms with Crippen molar-refractivity contribution in [3.8, 4) is 0 Å². The van der Waals surface area contributed by atoms with Gasteiger partial charge in [-0.15, -0.1) is 0 Å². The van der Waals surface area contributed by atoms with Crippen LogP contribution >= 0.6 is 11.6 Å². The van der Waals surface area contributed by atoms with E-state index < -0.39 is 5.82 Å². The average molecular weight is 375 g/mol. The van der Waals surface area contributed by atoms with Crippen LogP contribution in [0.25, 0.3) is 0 Å². The van der Waals surface area contributed by atoms with Crippen LogP contribution < -0.4 is 5.32 Å². The minimum absolute atomic E-state index is 0.0570. The van der Waals surface area contributed by atoms with E-state index in [1.165, 1.54) is 50.0 Å². The zero-order valence-electron chi connectivity index (χ0n) is 14.8. The molecular formula is C21H24ClFN2O. The molecule has 0 spiro atoms. The maximum Gasteiger partial charge on any atom is 0.224 e. The third-order valence-electron chi connectivity index (χ3n) is 4.77. The van der Waals surface area contributed by atoms with Crippen LogP contribution in [0.5, 0.6) is 0 Å². The van der Waals surface area contributed by atoms with E-state index in [-0.39, 0.29) is 22.9 Å². The number of hydrogen-bond donors (Lipinski definition) is 1. The average Bonchev–Trinajstić information content (AvgIpc) is 2.65. The van der Waals surface area contributed by atoms with Crippen LogP contribution in [0, 0.1) is 5.82 Å². The number of hydrogen-bond acceptors (Lipinski definition) is 2. The van der Waals surface area contributed by atoms with Gasteiger partial charge in [0.1, 0.15) is 5.82 Å². The van der Waals surface area contributed by atoms with E-state index in [0.717, 1.165) is 12.1 Å². The summed E-state index contributed by atoms with van der Waals surface area (Å²) in [6, 6.07) is 12.7. The van der Waals surface area contributed by atoms with Crippen LogP contribution in [-0.2, 0) is 24.3 Å². The van der Waals surface area contributed by atoms with Crippen LogP contribution in [0.3, 0.4) is 0 Å². The Labute approximate surface area is 159 Å². The highest BCUT2D eigenvalue weighted by molar-refractivity contribution is 6.31. The molecule has 1 saturated heterocycles. The smallest absolute Gasteiger partial charge is 0.224 e. The van der Waals surface area contributed by atoms with Gasteiger partial charge in [-0.2, -0.15) is 0 Å². The van der Waals surface area contributed by atoms with Crippen molar-refractivity contribution in [2.24, 2.45) is 0 Å². The first-order chi connectivity index (χ1) is 12.6. The zero-order valence-corrected chi connectivity index (χ0v) is 15.6. The monoisotopic (exact) mass is 374 g/mol. The van der Waals surface area contributed by atoms with E-state index in [1.54, 1.807) is 6.07 Å². The molecule has 1 heterocycles. The Morgan fingerprint density at radius 2 is 1.73 bits per heavy atom. The first-order valence-corrected chi connectivity index (χ1v) is 9.49. The van der Waals surface area contributed by atoms with E-state index >= 15 is 0 Å². The molecule has 1 amide bonds. The molecule has 3 rings (SSSR count). The Balaban J connectivity index is 1.49. The Bertz CT molecular complexity index is 722. The van der Waals surface area contributed by atoms with E-state index in [1.807, 2.05) is 12.1 Å². The Hall–Kier alpha value is -1.91. The quantitative estimate of drug-likeness (QED) is 0.816. The lowest BCUT2D eigenvalue weighted by molar-refractivity contribution is -0.120. The Kier molecular flexibility index (Phi) is 6.64. The second-order valence-corrected chi connectivity index (χ2v) is 7.21. The number of nitrogens with one attached hydrogen (secondary N) is 1. The fourth-order valence-corrected chi connectivity index (χ4v) is 3.49. The summed E-state index contributed by atoms with van der Waals surface area (Å²) in [5.74, 6) is -0.691. The molecular weight excluding hydrogens is 351 g/mol. The lowest BCUT2D eigenvalue weighted by Gasteiger charge is -2.26. The van der Waals surface area contributed by atoms with Crippen molar-refractivity contribution in [3.05, 3.63) is 70.0 Å². The molecule has 1 fully saturated rings. The lowest BCUT2D eigenvalue weighted by Crippen LogP contribution is -2.29. The molecule has 26 heavy (non-hydrogen) atoms. The number of halogens is 2. The highest BCUT2D eigenvalue weighted by Crippen LogP contribution is 2.19. The van der Waals surface area contributed by atoms with Crippen LogP contribution in [0.15, 0.2) is 42.5 Å². The zero-order chi connectivity index (χ0) is 18.4. The van der Waals surface area contributed by atoms with Crippen molar-refractivity contribution >= 4 is 17.5 Å². The highest BCUT2D eigenvalue weighted by atomic mass is 35.5. The van der Waals surface area contributed by atoms with Gasteiger partial charge in [-0.3, -0.25) is 9.69 Å². The third-order valence-corrected chi connectivity index (χ3v) is 5.12. The Morgan fingerprint density at radius 3 is 2.42 bits per heavy atom. The van der Waals surface area contributed by atoms with Crippen molar-refractivity contribution in [1.29, 1.82) is 0 Å². The predicted octanol–water partition coefficient (Wildman–Crippen LogP) is 4.32. The number of nitrogens with zero attached hydrogens (tertiary/aromatic N) is 1. The van der Waals surface area contributed by atoms with Gasteiger partial charge in [0.05, 0.1) is 6.42 Å². The molecule has 0 radical (unpaired) electrons. The molecule has 5 heteroatoms. The van der Waals surface area contributed by atoms with Crippen LogP contribution in [0.2, 0.25) is 5.02 Å².